The molecular formula is C24H39N5O2S. The average Bonchev–Trinajstić information content (AvgIpc) is 3.15. The maximum absolute atomic E-state index is 13.1. The summed E-state index contributed by atoms with van der Waals surface area (Å²) in [5, 5.41) is 0. The van der Waals surface area contributed by atoms with Crippen molar-refractivity contribution in [3.05, 3.63) is 24.0 Å². The first-order valence-electron chi connectivity index (χ1n) is 12.2. The summed E-state index contributed by atoms with van der Waals surface area (Å²) >= 11 is 0. The topological polar surface area (TPSA) is 61.7 Å². The summed E-state index contributed by atoms with van der Waals surface area (Å²) in [5.74, 6) is 1.02. The van der Waals surface area contributed by atoms with Gasteiger partial charge in [0, 0.05) is 31.7 Å². The van der Waals surface area contributed by atoms with E-state index in [2.05, 4.69) is 42.2 Å². The van der Waals surface area contributed by atoms with Crippen molar-refractivity contribution < 1.29 is 8.42 Å². The lowest BCUT2D eigenvalue weighted by atomic mass is 10.0. The van der Waals surface area contributed by atoms with Gasteiger partial charge in [-0.1, -0.05) is 6.42 Å². The Morgan fingerprint density at radius 1 is 1.09 bits per heavy atom. The van der Waals surface area contributed by atoms with Crippen LogP contribution in [-0.2, 0) is 23.1 Å². The molecule has 0 N–H and O–H groups in total. The minimum Gasteiger partial charge on any atom is -0.327 e. The average molecular weight is 462 g/mol. The van der Waals surface area contributed by atoms with Gasteiger partial charge in [0.2, 0.25) is 10.0 Å². The van der Waals surface area contributed by atoms with E-state index in [1.165, 1.54) is 12.8 Å². The molecule has 0 amide bonds. The van der Waals surface area contributed by atoms with E-state index >= 15 is 0 Å². The summed E-state index contributed by atoms with van der Waals surface area (Å²) in [6.45, 7) is 11.8. The number of aromatic nitrogens is 2. The first-order valence-corrected chi connectivity index (χ1v) is 13.7. The number of piperidine rings is 2. The van der Waals surface area contributed by atoms with E-state index in [4.69, 9.17) is 4.98 Å². The predicted octanol–water partition coefficient (Wildman–Crippen LogP) is 3.54. The molecule has 32 heavy (non-hydrogen) atoms. The number of hydrogen-bond acceptors (Lipinski definition) is 5. The quantitative estimate of drug-likeness (QED) is 0.631. The molecule has 4 rings (SSSR count). The Morgan fingerprint density at radius 3 is 2.41 bits per heavy atom. The van der Waals surface area contributed by atoms with Gasteiger partial charge in [-0.05, 0) is 84.8 Å². The zero-order valence-corrected chi connectivity index (χ0v) is 20.9. The summed E-state index contributed by atoms with van der Waals surface area (Å²) in [7, 11) is -1.25. The van der Waals surface area contributed by atoms with Crippen LogP contribution in [0.1, 0.15) is 58.7 Å². The molecule has 178 valence electrons. The van der Waals surface area contributed by atoms with Crippen LogP contribution in [0.3, 0.4) is 0 Å². The van der Waals surface area contributed by atoms with Crippen molar-refractivity contribution in [1.29, 1.82) is 0 Å². The van der Waals surface area contributed by atoms with Gasteiger partial charge in [0.15, 0.2) is 0 Å². The van der Waals surface area contributed by atoms with Gasteiger partial charge in [0.25, 0.3) is 0 Å². The molecule has 1 aromatic heterocycles. The molecule has 0 atom stereocenters. The van der Waals surface area contributed by atoms with Gasteiger partial charge in [0.05, 0.1) is 22.5 Å². The lowest BCUT2D eigenvalue weighted by Gasteiger charge is -2.38. The van der Waals surface area contributed by atoms with Crippen LogP contribution in [-0.4, -0.2) is 77.4 Å². The third-order valence-corrected chi connectivity index (χ3v) is 9.21. The Kier molecular flexibility index (Phi) is 7.24. The van der Waals surface area contributed by atoms with Crippen molar-refractivity contribution in [1.82, 2.24) is 23.7 Å². The smallest absolute Gasteiger partial charge is 0.243 e. The number of hydrogen-bond donors (Lipinski definition) is 0. The van der Waals surface area contributed by atoms with Gasteiger partial charge in [0.1, 0.15) is 5.82 Å². The molecule has 2 aromatic rings. The van der Waals surface area contributed by atoms with Crippen LogP contribution in [0.25, 0.3) is 11.0 Å². The first kappa shape index (κ1) is 23.7. The Hall–Kier alpha value is -1.48. The molecule has 2 saturated heterocycles. The number of fused-ring (bicyclic) bond motifs is 1. The number of rotatable bonds is 7. The number of aryl methyl sites for hydroxylation is 1. The Bertz CT molecular complexity index is 1020. The number of sulfonamides is 1. The Labute approximate surface area is 193 Å². The molecule has 8 heteroatoms. The van der Waals surface area contributed by atoms with Crippen molar-refractivity contribution in [3.8, 4) is 0 Å². The van der Waals surface area contributed by atoms with Crippen LogP contribution < -0.4 is 0 Å². The summed E-state index contributed by atoms with van der Waals surface area (Å²) in [6.07, 6.45) is 5.36. The van der Waals surface area contributed by atoms with Gasteiger partial charge >= 0.3 is 0 Å². The number of likely N-dealkylation sites (tertiary alicyclic amines) is 1. The van der Waals surface area contributed by atoms with E-state index in [1.54, 1.807) is 16.4 Å². The van der Waals surface area contributed by atoms with Gasteiger partial charge in [-0.25, -0.2) is 13.4 Å². The summed E-state index contributed by atoms with van der Waals surface area (Å²) in [6, 6.07) is 6.64. The number of benzene rings is 1. The lowest BCUT2D eigenvalue weighted by Crippen LogP contribution is -2.45. The van der Waals surface area contributed by atoms with Gasteiger partial charge in [-0.2, -0.15) is 4.31 Å². The van der Waals surface area contributed by atoms with E-state index in [9.17, 15) is 8.42 Å². The molecule has 2 fully saturated rings. The normalized spacial score (nSPS) is 20.1. The molecule has 2 aliphatic rings. The highest BCUT2D eigenvalue weighted by atomic mass is 32.2. The highest BCUT2D eigenvalue weighted by Gasteiger charge is 2.28. The SMILES string of the molecule is CCn1c(CN(C)C2CCN(C(C)C)CC2)nc2cc(S(=O)(=O)N3CCCCC3)ccc21. The molecular weight excluding hydrogens is 422 g/mol. The fourth-order valence-corrected chi connectivity index (χ4v) is 6.78. The molecule has 7 nitrogen and oxygen atoms in total. The van der Waals surface area contributed by atoms with Gasteiger partial charge in [-0.3, -0.25) is 4.90 Å². The third kappa shape index (κ3) is 4.74. The van der Waals surface area contributed by atoms with Crippen LogP contribution in [0.2, 0.25) is 0 Å². The van der Waals surface area contributed by atoms with E-state index in [0.717, 1.165) is 62.3 Å². The van der Waals surface area contributed by atoms with Crippen LogP contribution in [0.15, 0.2) is 23.1 Å². The highest BCUT2D eigenvalue weighted by molar-refractivity contribution is 7.89. The molecule has 0 unspecified atom stereocenters. The van der Waals surface area contributed by atoms with Crippen LogP contribution in [0, 0.1) is 0 Å². The van der Waals surface area contributed by atoms with Crippen molar-refractivity contribution in [2.45, 2.75) is 82.9 Å². The third-order valence-electron chi connectivity index (χ3n) is 7.31. The number of nitrogens with zero attached hydrogens (tertiary/aromatic N) is 5. The zero-order chi connectivity index (χ0) is 22.9. The van der Waals surface area contributed by atoms with Crippen molar-refractivity contribution in [2.24, 2.45) is 0 Å². The second-order valence-corrected chi connectivity index (χ2v) is 11.6. The van der Waals surface area contributed by atoms with E-state index in [0.29, 0.717) is 30.1 Å². The van der Waals surface area contributed by atoms with E-state index < -0.39 is 10.0 Å². The molecule has 1 aromatic carbocycles. The second-order valence-electron chi connectivity index (χ2n) is 9.66. The van der Waals surface area contributed by atoms with Crippen molar-refractivity contribution >= 4 is 21.1 Å². The fraction of sp³-hybridized carbons (Fsp3) is 0.708. The molecule has 0 spiro atoms. The van der Waals surface area contributed by atoms with Crippen molar-refractivity contribution in [3.63, 3.8) is 0 Å². The van der Waals surface area contributed by atoms with E-state index in [-0.39, 0.29) is 0 Å². The summed E-state index contributed by atoms with van der Waals surface area (Å²) in [4.78, 5) is 10.3. The fourth-order valence-electron chi connectivity index (χ4n) is 5.24. The monoisotopic (exact) mass is 461 g/mol. The molecule has 0 bridgehead atoms. The summed E-state index contributed by atoms with van der Waals surface area (Å²) in [5.41, 5.74) is 1.80. The zero-order valence-electron chi connectivity index (χ0n) is 20.1. The maximum atomic E-state index is 13.1. The summed E-state index contributed by atoms with van der Waals surface area (Å²) < 4.78 is 30.1. The minimum atomic E-state index is -3.45. The molecule has 3 heterocycles. The first-order chi connectivity index (χ1) is 15.3. The van der Waals surface area contributed by atoms with Crippen molar-refractivity contribution in [2.75, 3.05) is 33.2 Å². The standard InChI is InChI=1S/C24H39N5O2S/c1-5-29-23-10-9-21(32(30,31)28-13-7-6-8-14-28)17-22(23)25-24(29)18-26(4)20-11-15-27(16-12-20)19(2)3/h9-10,17,19-20H,5-8,11-16,18H2,1-4H3. The molecule has 0 aliphatic carbocycles. The largest absolute Gasteiger partial charge is 0.327 e. The van der Waals surface area contributed by atoms with Gasteiger partial charge < -0.3 is 9.47 Å². The van der Waals surface area contributed by atoms with E-state index in [1.807, 2.05) is 6.07 Å². The number of imidazole rings is 1. The minimum absolute atomic E-state index is 0.369. The Balaban J connectivity index is 1.54. The van der Waals surface area contributed by atoms with Crippen LogP contribution in [0.5, 0.6) is 0 Å². The second kappa shape index (κ2) is 9.79. The maximum Gasteiger partial charge on any atom is 0.243 e. The van der Waals surface area contributed by atoms with Crippen LogP contribution >= 0.6 is 0 Å². The highest BCUT2D eigenvalue weighted by Crippen LogP contribution is 2.26. The molecule has 0 radical (unpaired) electrons. The van der Waals surface area contributed by atoms with Gasteiger partial charge in [-0.15, -0.1) is 0 Å². The molecule has 0 saturated carbocycles. The van der Waals surface area contributed by atoms with Crippen LogP contribution in [0.4, 0.5) is 0 Å². The predicted molar refractivity (Wildman–Crippen MR) is 129 cm³/mol. The lowest BCUT2D eigenvalue weighted by molar-refractivity contribution is 0.102. The molecule has 2 aliphatic heterocycles. The Morgan fingerprint density at radius 2 is 1.78 bits per heavy atom.